The first kappa shape index (κ1) is 61.5. The van der Waals surface area contributed by atoms with Gasteiger partial charge in [0.25, 0.3) is 5.91 Å². The molecule has 3 rings (SSSR count). The summed E-state index contributed by atoms with van der Waals surface area (Å²) in [6.07, 6.45) is 3.36. The average molecular weight is 1070 g/mol. The fourth-order valence-corrected chi connectivity index (χ4v) is 11.9. The van der Waals surface area contributed by atoms with Crippen LogP contribution in [-0.2, 0) is 9.53 Å². The topological polar surface area (TPSA) is 240 Å². The SMILES string of the molecule is CCCOCCCSCCNC(=O)C(CCCCNC(=O)c1cc2ccc(N(CC)CC)cc2oc1=O)CC(=O)c1cc(OCC(CSCCN)SCCN)cc(OCC(CSCCN)SCCN)c1. The lowest BCUT2D eigenvalue weighted by Crippen LogP contribution is -2.34. The van der Waals surface area contributed by atoms with Gasteiger partial charge in [-0.25, -0.2) is 4.79 Å². The molecule has 0 bridgehead atoms. The van der Waals surface area contributed by atoms with Crippen molar-refractivity contribution in [1.29, 1.82) is 0 Å². The number of Topliss-reactive ketones (excluding diaryl/α,β-unsaturated/α-hetero) is 1. The molecule has 1 heterocycles. The van der Waals surface area contributed by atoms with Crippen molar-refractivity contribution in [3.05, 3.63) is 64.0 Å². The Hall–Kier alpha value is -2.79. The number of unbranched alkanes of at least 4 members (excludes halogenated alkanes) is 1. The molecule has 2 amide bonds. The molecular weight excluding hydrogens is 987 g/mol. The molecule has 70 heavy (non-hydrogen) atoms. The third kappa shape index (κ3) is 24.3. The first-order chi connectivity index (χ1) is 34.1. The number of carbonyl (C=O) groups excluding carboxylic acids is 3. The van der Waals surface area contributed by atoms with Crippen LogP contribution in [0.3, 0.4) is 0 Å². The summed E-state index contributed by atoms with van der Waals surface area (Å²) in [6, 6.07) is 12.5. The van der Waals surface area contributed by atoms with E-state index in [1.54, 1.807) is 77.0 Å². The number of hydrogen-bond donors (Lipinski definition) is 6. The summed E-state index contributed by atoms with van der Waals surface area (Å²) in [5.41, 5.74) is 24.2. The zero-order valence-corrected chi connectivity index (χ0v) is 45.8. The number of ether oxygens (including phenoxy) is 3. The molecule has 0 saturated heterocycles. The molecule has 10 N–H and O–H groups in total. The number of ketones is 1. The van der Waals surface area contributed by atoms with Gasteiger partial charge in [-0.2, -0.15) is 58.8 Å². The monoisotopic (exact) mass is 1070 g/mol. The van der Waals surface area contributed by atoms with Gasteiger partial charge < -0.3 is 57.1 Å². The standard InChI is InChI=1S/C50H81N7O8S5/c1-4-19-62-20-9-21-66-26-18-56-48(59)38(10-7-8-17-55-49(60)45-29-37-11-12-40(57(5-2)6-3)31-47(37)65-50(45)61)30-46(58)39-27-41(63-33-43(69-24-15-53)35-67-22-13-51)32-42(28-39)64-34-44(70-25-16-54)36-68-23-14-52/h11-12,27-29,31-32,38,43-44H,4-10,13-26,30,33-36,51-54H2,1-3H3,(H,55,60)(H,56,59). The Morgan fingerprint density at radius 3 is 1.94 bits per heavy atom. The average Bonchev–Trinajstić information content (AvgIpc) is 3.36. The van der Waals surface area contributed by atoms with E-state index < -0.39 is 17.5 Å². The summed E-state index contributed by atoms with van der Waals surface area (Å²) in [5.74, 6) is 6.04. The van der Waals surface area contributed by atoms with Gasteiger partial charge >= 0.3 is 5.63 Å². The first-order valence-corrected chi connectivity index (χ1v) is 30.3. The van der Waals surface area contributed by atoms with Crippen molar-refractivity contribution >= 4 is 93.1 Å². The molecule has 0 aliphatic heterocycles. The van der Waals surface area contributed by atoms with Crippen molar-refractivity contribution in [2.45, 2.75) is 69.8 Å². The minimum Gasteiger partial charge on any atom is -0.492 e. The second-order valence-corrected chi connectivity index (χ2v) is 22.7. The highest BCUT2D eigenvalue weighted by Gasteiger charge is 2.24. The van der Waals surface area contributed by atoms with Crippen LogP contribution in [0.25, 0.3) is 11.0 Å². The number of hydrogen-bond acceptors (Lipinski definition) is 18. The van der Waals surface area contributed by atoms with Crippen LogP contribution in [-0.4, -0.2) is 153 Å². The minimum atomic E-state index is -0.707. The number of rotatable bonds is 42. The third-order valence-corrected chi connectivity index (χ3v) is 17.1. The van der Waals surface area contributed by atoms with Crippen LogP contribution in [0.4, 0.5) is 5.69 Å². The summed E-state index contributed by atoms with van der Waals surface area (Å²) in [7, 11) is 0. The highest BCUT2D eigenvalue weighted by Crippen LogP contribution is 2.29. The predicted molar refractivity (Wildman–Crippen MR) is 302 cm³/mol. The summed E-state index contributed by atoms with van der Waals surface area (Å²) in [6.45, 7) is 13.1. The van der Waals surface area contributed by atoms with Crippen LogP contribution in [0.15, 0.2) is 51.7 Å². The molecule has 3 aromatic rings. The van der Waals surface area contributed by atoms with E-state index in [2.05, 4.69) is 36.3 Å². The van der Waals surface area contributed by atoms with Gasteiger partial charge in [0.05, 0.1) is 0 Å². The van der Waals surface area contributed by atoms with Gasteiger partial charge in [0.1, 0.15) is 35.9 Å². The van der Waals surface area contributed by atoms with Gasteiger partial charge in [0.2, 0.25) is 5.91 Å². The lowest BCUT2D eigenvalue weighted by atomic mass is 9.92. The number of nitrogens with one attached hydrogen (secondary N) is 2. The van der Waals surface area contributed by atoms with Crippen LogP contribution in [0.5, 0.6) is 11.5 Å². The maximum absolute atomic E-state index is 14.4. The summed E-state index contributed by atoms with van der Waals surface area (Å²) in [5, 5.41) is 6.89. The van der Waals surface area contributed by atoms with E-state index in [4.69, 9.17) is 41.6 Å². The van der Waals surface area contributed by atoms with Gasteiger partial charge in [-0.1, -0.05) is 13.3 Å². The van der Waals surface area contributed by atoms with E-state index >= 15 is 0 Å². The number of fused-ring (bicyclic) bond motifs is 1. The van der Waals surface area contributed by atoms with E-state index in [1.165, 1.54) is 0 Å². The highest BCUT2D eigenvalue weighted by atomic mass is 32.2. The molecule has 0 fully saturated rings. The molecule has 2 aromatic carbocycles. The van der Waals surface area contributed by atoms with Crippen molar-refractivity contribution in [2.75, 3.05) is 130 Å². The number of benzene rings is 2. The number of amides is 2. The molecule has 0 spiro atoms. The Morgan fingerprint density at radius 1 is 0.700 bits per heavy atom. The Bertz CT molecular complexity index is 1950. The van der Waals surface area contributed by atoms with Crippen molar-refractivity contribution in [3.63, 3.8) is 0 Å². The van der Waals surface area contributed by atoms with Gasteiger partial charge in [-0.3, -0.25) is 14.4 Å². The number of carbonyl (C=O) groups is 3. The zero-order valence-electron chi connectivity index (χ0n) is 41.7. The largest absolute Gasteiger partial charge is 0.492 e. The van der Waals surface area contributed by atoms with Gasteiger partial charge in [-0.05, 0) is 75.6 Å². The van der Waals surface area contributed by atoms with Crippen LogP contribution in [0, 0.1) is 5.92 Å². The van der Waals surface area contributed by atoms with E-state index in [1.807, 2.05) is 24.3 Å². The quantitative estimate of drug-likeness (QED) is 0.0206. The maximum atomic E-state index is 14.4. The molecular formula is C50H81N7O8S5. The highest BCUT2D eigenvalue weighted by molar-refractivity contribution is 8.03. The molecule has 0 saturated carbocycles. The predicted octanol–water partition coefficient (Wildman–Crippen LogP) is 6.36. The van der Waals surface area contributed by atoms with Gasteiger partial charge in [0, 0.05) is 157 Å². The van der Waals surface area contributed by atoms with Crippen molar-refractivity contribution in [1.82, 2.24) is 10.6 Å². The number of nitrogens with zero attached hydrogens (tertiary/aromatic N) is 1. The molecule has 0 aliphatic carbocycles. The van der Waals surface area contributed by atoms with Gasteiger partial charge in [-0.15, -0.1) is 0 Å². The zero-order chi connectivity index (χ0) is 50.8. The fraction of sp³-hybridized carbons (Fsp3) is 0.640. The Balaban J connectivity index is 1.78. The third-order valence-electron chi connectivity index (χ3n) is 10.8. The molecule has 3 atom stereocenters. The number of nitrogens with two attached hydrogens (primary N) is 4. The minimum absolute atomic E-state index is 0.0352. The van der Waals surface area contributed by atoms with E-state index in [-0.39, 0.29) is 40.7 Å². The smallest absolute Gasteiger partial charge is 0.349 e. The van der Waals surface area contributed by atoms with Crippen molar-refractivity contribution in [3.8, 4) is 11.5 Å². The van der Waals surface area contributed by atoms with E-state index in [9.17, 15) is 19.2 Å². The maximum Gasteiger partial charge on any atom is 0.349 e. The molecule has 3 unspecified atom stereocenters. The Morgan fingerprint density at radius 2 is 1.34 bits per heavy atom. The number of anilines is 1. The Labute approximate surface area is 438 Å². The number of thioether (sulfide) groups is 5. The Kier molecular flexibility index (Phi) is 33.3. The molecule has 20 heteroatoms. The van der Waals surface area contributed by atoms with E-state index in [0.29, 0.717) is 99.8 Å². The summed E-state index contributed by atoms with van der Waals surface area (Å²) >= 11 is 8.79. The van der Waals surface area contributed by atoms with E-state index in [0.717, 1.165) is 84.2 Å². The lowest BCUT2D eigenvalue weighted by Gasteiger charge is -2.21. The molecule has 0 aliphatic rings. The summed E-state index contributed by atoms with van der Waals surface area (Å²) < 4.78 is 24.0. The first-order valence-electron chi connectivity index (χ1n) is 24.8. The van der Waals surface area contributed by atoms with Crippen molar-refractivity contribution < 1.29 is 33.0 Å². The molecule has 0 radical (unpaired) electrons. The van der Waals surface area contributed by atoms with Crippen LogP contribution < -0.4 is 53.6 Å². The second-order valence-electron chi connectivity index (χ2n) is 16.4. The molecule has 15 nitrogen and oxygen atoms in total. The van der Waals surface area contributed by atoms with Crippen LogP contribution >= 0.6 is 58.8 Å². The molecule has 1 aromatic heterocycles. The van der Waals surface area contributed by atoms with Crippen molar-refractivity contribution in [2.24, 2.45) is 28.9 Å². The van der Waals surface area contributed by atoms with Gasteiger partial charge in [0.15, 0.2) is 5.78 Å². The van der Waals surface area contributed by atoms with Crippen LogP contribution in [0.1, 0.15) is 80.0 Å². The fourth-order valence-electron chi connectivity index (χ4n) is 7.16. The molecule has 394 valence electrons. The second kappa shape index (κ2) is 37.9. The normalized spacial score (nSPS) is 12.7. The lowest BCUT2D eigenvalue weighted by molar-refractivity contribution is -0.125. The van der Waals surface area contributed by atoms with Crippen LogP contribution in [0.2, 0.25) is 0 Å². The summed E-state index contributed by atoms with van der Waals surface area (Å²) in [4.78, 5) is 56.6.